The Kier molecular flexibility index (Phi) is 3.43. The van der Waals surface area contributed by atoms with Gasteiger partial charge in [-0.15, -0.1) is 0 Å². The fraction of sp³-hybridized carbons (Fsp3) is 0.250. The molecular weight excluding hydrogens is 259 g/mol. The van der Waals surface area contributed by atoms with Crippen LogP contribution in [0.5, 0.6) is 0 Å². The summed E-state index contributed by atoms with van der Waals surface area (Å²) >= 11 is 12.0. The van der Waals surface area contributed by atoms with E-state index in [1.54, 1.807) is 17.8 Å². The molecule has 0 spiro atoms. The Balaban J connectivity index is 2.43. The zero-order valence-electron chi connectivity index (χ0n) is 9.48. The summed E-state index contributed by atoms with van der Waals surface area (Å²) in [5, 5.41) is 15.3. The molecule has 0 amide bonds. The van der Waals surface area contributed by atoms with Crippen molar-refractivity contribution in [1.82, 2.24) is 9.78 Å². The summed E-state index contributed by atoms with van der Waals surface area (Å²) in [6.45, 7) is 1.91. The molecule has 2 rings (SSSR count). The van der Waals surface area contributed by atoms with Crippen LogP contribution in [0.1, 0.15) is 22.9 Å². The average molecular weight is 271 g/mol. The van der Waals surface area contributed by atoms with Crippen molar-refractivity contribution in [3.63, 3.8) is 0 Å². The third kappa shape index (κ3) is 2.32. The highest BCUT2D eigenvalue weighted by molar-refractivity contribution is 6.31. The Labute approximate surface area is 110 Å². The number of aromatic nitrogens is 2. The average Bonchev–Trinajstić information content (AvgIpc) is 2.62. The van der Waals surface area contributed by atoms with Crippen LogP contribution in [0.2, 0.25) is 10.0 Å². The minimum absolute atomic E-state index is 0.441. The number of hydrogen-bond donors (Lipinski definition) is 1. The van der Waals surface area contributed by atoms with E-state index in [0.29, 0.717) is 21.3 Å². The molecule has 3 nitrogen and oxygen atoms in total. The second-order valence-electron chi connectivity index (χ2n) is 3.91. The van der Waals surface area contributed by atoms with E-state index in [1.165, 1.54) is 6.20 Å². The number of aliphatic hydroxyl groups is 1. The number of halogens is 2. The van der Waals surface area contributed by atoms with Crippen LogP contribution in [0.25, 0.3) is 0 Å². The van der Waals surface area contributed by atoms with Gasteiger partial charge in [-0.1, -0.05) is 35.3 Å². The van der Waals surface area contributed by atoms with Gasteiger partial charge in [0.15, 0.2) is 0 Å². The van der Waals surface area contributed by atoms with Gasteiger partial charge in [-0.2, -0.15) is 5.10 Å². The van der Waals surface area contributed by atoms with E-state index in [2.05, 4.69) is 5.10 Å². The standard InChI is InChI=1S/C12H12Cl2N2O/c1-7-3-4-8(5-9(7)13)12(17)11-10(14)6-15-16(11)2/h3-6,12,17H,1-2H3. The number of nitrogens with zero attached hydrogens (tertiary/aromatic N) is 2. The van der Waals surface area contributed by atoms with Gasteiger partial charge in [-0.25, -0.2) is 0 Å². The summed E-state index contributed by atoms with van der Waals surface area (Å²) in [6.07, 6.45) is 0.684. The topological polar surface area (TPSA) is 38.1 Å². The molecule has 0 bridgehead atoms. The summed E-state index contributed by atoms with van der Waals surface area (Å²) in [4.78, 5) is 0. The van der Waals surface area contributed by atoms with Crippen molar-refractivity contribution in [3.8, 4) is 0 Å². The van der Waals surface area contributed by atoms with Crippen LogP contribution in [-0.4, -0.2) is 14.9 Å². The maximum absolute atomic E-state index is 10.3. The van der Waals surface area contributed by atoms with Crippen LogP contribution in [0, 0.1) is 6.92 Å². The van der Waals surface area contributed by atoms with Gasteiger partial charge in [-0.05, 0) is 24.1 Å². The lowest BCUT2D eigenvalue weighted by atomic mass is 10.0. The lowest BCUT2D eigenvalue weighted by Crippen LogP contribution is -2.07. The number of rotatable bonds is 2. The van der Waals surface area contributed by atoms with Crippen LogP contribution in [0.3, 0.4) is 0 Å². The molecule has 0 aliphatic rings. The summed E-state index contributed by atoms with van der Waals surface area (Å²) in [7, 11) is 1.74. The molecule has 0 radical (unpaired) electrons. The molecular formula is C12H12Cl2N2O. The third-order valence-electron chi connectivity index (χ3n) is 2.71. The van der Waals surface area contributed by atoms with Gasteiger partial charge < -0.3 is 5.11 Å². The molecule has 1 heterocycles. The molecule has 2 aromatic rings. The number of aryl methyl sites for hydroxylation is 2. The quantitative estimate of drug-likeness (QED) is 0.911. The number of hydrogen-bond acceptors (Lipinski definition) is 2. The number of benzene rings is 1. The molecule has 17 heavy (non-hydrogen) atoms. The van der Waals surface area contributed by atoms with Crippen molar-refractivity contribution in [1.29, 1.82) is 0 Å². The van der Waals surface area contributed by atoms with Crippen molar-refractivity contribution < 1.29 is 5.11 Å². The van der Waals surface area contributed by atoms with Crippen LogP contribution in [-0.2, 0) is 7.05 Å². The molecule has 1 unspecified atom stereocenters. The highest BCUT2D eigenvalue weighted by Crippen LogP contribution is 2.29. The van der Waals surface area contributed by atoms with Crippen LogP contribution < -0.4 is 0 Å². The van der Waals surface area contributed by atoms with Crippen molar-refractivity contribution in [3.05, 3.63) is 51.3 Å². The molecule has 1 aromatic carbocycles. The first-order valence-electron chi connectivity index (χ1n) is 5.12. The van der Waals surface area contributed by atoms with Gasteiger partial charge in [0.2, 0.25) is 0 Å². The first-order valence-corrected chi connectivity index (χ1v) is 5.88. The van der Waals surface area contributed by atoms with Gasteiger partial charge in [0.1, 0.15) is 6.10 Å². The predicted molar refractivity (Wildman–Crippen MR) is 68.5 cm³/mol. The van der Waals surface area contributed by atoms with Crippen molar-refractivity contribution >= 4 is 23.2 Å². The Hall–Kier alpha value is -1.03. The predicted octanol–water partition coefficient (Wildman–Crippen LogP) is 3.12. The van der Waals surface area contributed by atoms with Crippen LogP contribution in [0.4, 0.5) is 0 Å². The zero-order valence-corrected chi connectivity index (χ0v) is 11.0. The maximum atomic E-state index is 10.3. The second kappa shape index (κ2) is 4.69. The highest BCUT2D eigenvalue weighted by Gasteiger charge is 2.18. The molecule has 1 aromatic heterocycles. The van der Waals surface area contributed by atoms with E-state index in [1.807, 2.05) is 19.1 Å². The minimum Gasteiger partial charge on any atom is -0.382 e. The van der Waals surface area contributed by atoms with E-state index < -0.39 is 6.10 Å². The Morgan fingerprint density at radius 2 is 2.00 bits per heavy atom. The van der Waals surface area contributed by atoms with Crippen molar-refractivity contribution in [2.75, 3.05) is 0 Å². The van der Waals surface area contributed by atoms with Gasteiger partial charge in [0.25, 0.3) is 0 Å². The maximum Gasteiger partial charge on any atom is 0.122 e. The highest BCUT2D eigenvalue weighted by atomic mass is 35.5. The van der Waals surface area contributed by atoms with E-state index >= 15 is 0 Å². The molecule has 0 aliphatic heterocycles. The van der Waals surface area contributed by atoms with E-state index in [4.69, 9.17) is 23.2 Å². The van der Waals surface area contributed by atoms with Crippen LogP contribution >= 0.6 is 23.2 Å². The molecule has 90 valence electrons. The molecule has 1 N–H and O–H groups in total. The Morgan fingerprint density at radius 3 is 2.53 bits per heavy atom. The molecule has 0 aliphatic carbocycles. The zero-order chi connectivity index (χ0) is 12.6. The second-order valence-corrected chi connectivity index (χ2v) is 4.73. The third-order valence-corrected chi connectivity index (χ3v) is 3.41. The SMILES string of the molecule is Cc1ccc(C(O)c2c(Cl)cnn2C)cc1Cl. The van der Waals surface area contributed by atoms with E-state index in [-0.39, 0.29) is 0 Å². The van der Waals surface area contributed by atoms with Crippen molar-refractivity contribution in [2.45, 2.75) is 13.0 Å². The summed E-state index contributed by atoms with van der Waals surface area (Å²) < 4.78 is 1.56. The smallest absolute Gasteiger partial charge is 0.122 e. The number of aliphatic hydroxyl groups excluding tert-OH is 1. The van der Waals surface area contributed by atoms with Crippen LogP contribution in [0.15, 0.2) is 24.4 Å². The Bertz CT molecular complexity index is 532. The molecule has 1 atom stereocenters. The monoisotopic (exact) mass is 270 g/mol. The lowest BCUT2D eigenvalue weighted by Gasteiger charge is -2.13. The summed E-state index contributed by atoms with van der Waals surface area (Å²) in [5.74, 6) is 0. The fourth-order valence-electron chi connectivity index (χ4n) is 1.66. The van der Waals surface area contributed by atoms with E-state index in [9.17, 15) is 5.11 Å². The molecule has 0 fully saturated rings. The fourth-order valence-corrected chi connectivity index (χ4v) is 2.12. The first-order chi connectivity index (χ1) is 8.00. The molecule has 5 heteroatoms. The first kappa shape index (κ1) is 12.4. The van der Waals surface area contributed by atoms with Gasteiger partial charge >= 0.3 is 0 Å². The minimum atomic E-state index is -0.826. The van der Waals surface area contributed by atoms with Gasteiger partial charge in [0, 0.05) is 12.1 Å². The molecule has 0 saturated carbocycles. The normalized spacial score (nSPS) is 12.8. The van der Waals surface area contributed by atoms with E-state index in [0.717, 1.165) is 5.56 Å². The van der Waals surface area contributed by atoms with Gasteiger partial charge in [-0.3, -0.25) is 4.68 Å². The van der Waals surface area contributed by atoms with Crippen molar-refractivity contribution in [2.24, 2.45) is 7.05 Å². The molecule has 0 saturated heterocycles. The summed E-state index contributed by atoms with van der Waals surface area (Å²) in [6, 6.07) is 5.44. The largest absolute Gasteiger partial charge is 0.382 e. The Morgan fingerprint density at radius 1 is 1.29 bits per heavy atom. The van der Waals surface area contributed by atoms with Gasteiger partial charge in [0.05, 0.1) is 16.9 Å². The summed E-state index contributed by atoms with van der Waals surface area (Å²) in [5.41, 5.74) is 2.23. The lowest BCUT2D eigenvalue weighted by molar-refractivity contribution is 0.210.